The lowest BCUT2D eigenvalue weighted by atomic mass is 10.1. The number of ether oxygens (including phenoxy) is 2. The van der Waals surface area contributed by atoms with Crippen LogP contribution in [0.15, 0.2) is 47.4 Å². The number of aryl methyl sites for hydroxylation is 1. The van der Waals surface area contributed by atoms with Crippen LogP contribution in [0.4, 0.5) is 16.2 Å². The summed E-state index contributed by atoms with van der Waals surface area (Å²) >= 11 is 0. The highest BCUT2D eigenvalue weighted by atomic mass is 32.2. The van der Waals surface area contributed by atoms with Crippen LogP contribution in [0.3, 0.4) is 0 Å². The fourth-order valence-corrected chi connectivity index (χ4v) is 4.45. The molecule has 2 aromatic rings. The number of anilines is 2. The van der Waals surface area contributed by atoms with Crippen molar-refractivity contribution in [2.45, 2.75) is 25.7 Å². The average molecular weight is 464 g/mol. The van der Waals surface area contributed by atoms with E-state index in [1.165, 1.54) is 23.5 Å². The number of amides is 2. The largest absolute Gasteiger partial charge is 0.447 e. The van der Waals surface area contributed by atoms with Gasteiger partial charge in [0.05, 0.1) is 11.5 Å². The van der Waals surface area contributed by atoms with Gasteiger partial charge in [0.15, 0.2) is 0 Å². The van der Waals surface area contributed by atoms with Crippen molar-refractivity contribution in [1.82, 2.24) is 4.31 Å². The maximum absolute atomic E-state index is 12.9. The van der Waals surface area contributed by atoms with Crippen molar-refractivity contribution in [1.29, 1.82) is 0 Å². The summed E-state index contributed by atoms with van der Waals surface area (Å²) in [5.74, 6) is -0.459. The number of benzene rings is 2. The Hall–Kier alpha value is -2.95. The Morgan fingerprint density at radius 3 is 2.25 bits per heavy atom. The predicted octanol–water partition coefficient (Wildman–Crippen LogP) is 3.47. The second kappa shape index (κ2) is 11.6. The molecule has 0 saturated carbocycles. The topological polar surface area (TPSA) is 114 Å². The first-order chi connectivity index (χ1) is 15.2. The number of methoxy groups -OCH3 is 1. The molecule has 10 heteroatoms. The van der Waals surface area contributed by atoms with E-state index in [9.17, 15) is 18.0 Å². The minimum Gasteiger partial charge on any atom is -0.447 e. The highest BCUT2D eigenvalue weighted by Crippen LogP contribution is 2.22. The van der Waals surface area contributed by atoms with Gasteiger partial charge in [0.2, 0.25) is 10.0 Å². The van der Waals surface area contributed by atoms with Gasteiger partial charge in [-0.05, 0) is 42.8 Å². The number of nitrogens with one attached hydrogen (secondary N) is 2. The molecule has 174 valence electrons. The van der Waals surface area contributed by atoms with Gasteiger partial charge in [-0.2, -0.15) is 4.31 Å². The third-order valence-corrected chi connectivity index (χ3v) is 6.73. The van der Waals surface area contributed by atoms with Gasteiger partial charge in [-0.1, -0.05) is 26.0 Å². The minimum absolute atomic E-state index is 0.0613. The zero-order chi connectivity index (χ0) is 23.7. The maximum atomic E-state index is 12.9. The number of rotatable bonds is 10. The Morgan fingerprint density at radius 2 is 1.62 bits per heavy atom. The molecule has 0 radical (unpaired) electrons. The highest BCUT2D eigenvalue weighted by Gasteiger charge is 2.23. The molecule has 0 fully saturated rings. The van der Waals surface area contributed by atoms with Crippen LogP contribution in [-0.2, 0) is 19.5 Å². The van der Waals surface area contributed by atoms with Crippen molar-refractivity contribution in [2.75, 3.05) is 44.0 Å². The number of nitrogens with zero attached hydrogens (tertiary/aromatic N) is 1. The fraction of sp³-hybridized carbons (Fsp3) is 0.364. The van der Waals surface area contributed by atoms with E-state index in [1.54, 1.807) is 51.1 Å². The summed E-state index contributed by atoms with van der Waals surface area (Å²) in [5, 5.41) is 5.31. The highest BCUT2D eigenvalue weighted by molar-refractivity contribution is 7.89. The summed E-state index contributed by atoms with van der Waals surface area (Å²) in [4.78, 5) is 24.7. The molecule has 0 aliphatic heterocycles. The second-order valence-corrected chi connectivity index (χ2v) is 8.79. The van der Waals surface area contributed by atoms with Crippen LogP contribution in [0.1, 0.15) is 29.8 Å². The molecule has 0 spiro atoms. The first-order valence-electron chi connectivity index (χ1n) is 10.2. The molecule has 32 heavy (non-hydrogen) atoms. The zero-order valence-corrected chi connectivity index (χ0v) is 19.5. The van der Waals surface area contributed by atoms with E-state index in [-0.39, 0.29) is 23.7 Å². The third kappa shape index (κ3) is 6.52. The van der Waals surface area contributed by atoms with Gasteiger partial charge < -0.3 is 14.8 Å². The molecule has 9 nitrogen and oxygen atoms in total. The molecule has 2 aromatic carbocycles. The van der Waals surface area contributed by atoms with Crippen LogP contribution in [0, 0.1) is 6.92 Å². The molecular formula is C22H29N3O6S. The zero-order valence-electron chi connectivity index (χ0n) is 18.7. The molecule has 0 aliphatic rings. The number of carbonyl (C=O) groups is 2. The Bertz CT molecular complexity index is 1050. The lowest BCUT2D eigenvalue weighted by Crippen LogP contribution is -2.30. The van der Waals surface area contributed by atoms with E-state index in [2.05, 4.69) is 10.6 Å². The molecular weight excluding hydrogens is 434 g/mol. The number of hydrogen-bond donors (Lipinski definition) is 2. The molecule has 0 heterocycles. The Balaban J connectivity index is 2.18. The maximum Gasteiger partial charge on any atom is 0.411 e. The van der Waals surface area contributed by atoms with E-state index in [4.69, 9.17) is 9.47 Å². The molecule has 0 unspecified atom stereocenters. The predicted molar refractivity (Wildman–Crippen MR) is 123 cm³/mol. The van der Waals surface area contributed by atoms with Crippen molar-refractivity contribution >= 4 is 33.4 Å². The van der Waals surface area contributed by atoms with Crippen LogP contribution < -0.4 is 10.6 Å². The van der Waals surface area contributed by atoms with E-state index in [0.717, 1.165) is 0 Å². The van der Waals surface area contributed by atoms with Gasteiger partial charge in [-0.15, -0.1) is 0 Å². The smallest absolute Gasteiger partial charge is 0.411 e. The number of carbonyl (C=O) groups excluding carboxylic acids is 2. The monoisotopic (exact) mass is 463 g/mol. The van der Waals surface area contributed by atoms with Gasteiger partial charge in [-0.25, -0.2) is 13.2 Å². The minimum atomic E-state index is -3.69. The van der Waals surface area contributed by atoms with Crippen molar-refractivity contribution in [3.8, 4) is 0 Å². The number of hydrogen-bond acceptors (Lipinski definition) is 6. The summed E-state index contributed by atoms with van der Waals surface area (Å²) < 4.78 is 36.7. The first kappa shape index (κ1) is 25.3. The summed E-state index contributed by atoms with van der Waals surface area (Å²) in [6.07, 6.45) is -0.643. The van der Waals surface area contributed by atoms with Gasteiger partial charge in [0.25, 0.3) is 5.91 Å². The van der Waals surface area contributed by atoms with E-state index < -0.39 is 22.0 Å². The summed E-state index contributed by atoms with van der Waals surface area (Å²) in [6, 6.07) is 11.0. The molecule has 0 aliphatic carbocycles. The van der Waals surface area contributed by atoms with Crippen LogP contribution in [0.5, 0.6) is 0 Å². The molecule has 0 saturated heterocycles. The molecule has 2 N–H and O–H groups in total. The average Bonchev–Trinajstić information content (AvgIpc) is 2.75. The van der Waals surface area contributed by atoms with Crippen molar-refractivity contribution in [3.63, 3.8) is 0 Å². The fourth-order valence-electron chi connectivity index (χ4n) is 2.96. The lowest BCUT2D eigenvalue weighted by Gasteiger charge is -2.19. The Morgan fingerprint density at radius 1 is 0.969 bits per heavy atom. The van der Waals surface area contributed by atoms with Gasteiger partial charge >= 0.3 is 6.09 Å². The normalized spacial score (nSPS) is 11.3. The van der Waals surface area contributed by atoms with E-state index >= 15 is 0 Å². The van der Waals surface area contributed by atoms with Gasteiger partial charge in [0.1, 0.15) is 6.61 Å². The third-order valence-electron chi connectivity index (χ3n) is 4.68. The lowest BCUT2D eigenvalue weighted by molar-refractivity contribution is 0.102. The van der Waals surface area contributed by atoms with Gasteiger partial charge in [0, 0.05) is 37.1 Å². The molecule has 2 amide bonds. The van der Waals surface area contributed by atoms with Crippen molar-refractivity contribution in [3.05, 3.63) is 53.6 Å². The van der Waals surface area contributed by atoms with Crippen LogP contribution >= 0.6 is 0 Å². The standard InChI is InChI=1S/C22H29N3O6S/c1-5-25(6-2)32(28,29)19-11-10-16(3)20(15-19)21(26)23-17-8-7-9-18(14-17)24-22(27)31-13-12-30-4/h7-11,14-15H,5-6,12-13H2,1-4H3,(H,23,26)(H,24,27). The molecule has 2 rings (SSSR count). The van der Waals surface area contributed by atoms with Gasteiger partial charge in [-0.3, -0.25) is 10.1 Å². The van der Waals surface area contributed by atoms with Crippen LogP contribution in [0.2, 0.25) is 0 Å². The quantitative estimate of drug-likeness (QED) is 0.522. The van der Waals surface area contributed by atoms with Crippen molar-refractivity contribution < 1.29 is 27.5 Å². The van der Waals surface area contributed by atoms with Crippen LogP contribution in [0.25, 0.3) is 0 Å². The molecule has 0 bridgehead atoms. The van der Waals surface area contributed by atoms with Crippen molar-refractivity contribution in [2.24, 2.45) is 0 Å². The molecule has 0 aromatic heterocycles. The van der Waals surface area contributed by atoms with Crippen LogP contribution in [-0.4, -0.2) is 58.1 Å². The summed E-state index contributed by atoms with van der Waals surface area (Å²) in [6.45, 7) is 6.33. The first-order valence-corrected chi connectivity index (χ1v) is 11.6. The van der Waals surface area contributed by atoms with E-state index in [1.807, 2.05) is 0 Å². The Labute approximate surface area is 188 Å². The Kier molecular flexibility index (Phi) is 9.18. The summed E-state index contributed by atoms with van der Waals surface area (Å²) in [5.41, 5.74) is 1.74. The second-order valence-electron chi connectivity index (χ2n) is 6.85. The van der Waals surface area contributed by atoms with E-state index in [0.29, 0.717) is 30.0 Å². The summed E-state index contributed by atoms with van der Waals surface area (Å²) in [7, 11) is -2.19. The number of sulfonamides is 1. The SMILES string of the molecule is CCN(CC)S(=O)(=O)c1ccc(C)c(C(=O)Nc2cccc(NC(=O)OCCOC)c2)c1. The molecule has 0 atom stereocenters.